The van der Waals surface area contributed by atoms with Crippen LogP contribution in [0.15, 0.2) is 0 Å². The van der Waals surface area contributed by atoms with Crippen LogP contribution in [0, 0.1) is 0 Å². The van der Waals surface area contributed by atoms with E-state index in [2.05, 4.69) is 0 Å². The first-order chi connectivity index (χ1) is 7.54. The highest BCUT2D eigenvalue weighted by Crippen LogP contribution is 2.23. The van der Waals surface area contributed by atoms with Crippen LogP contribution in [-0.4, -0.2) is 56.2 Å². The Morgan fingerprint density at radius 3 is 2.81 bits per heavy atom. The lowest BCUT2D eigenvalue weighted by atomic mass is 10.2. The standard InChI is InChI=1S/C9H16N2O4S/c10-4-7-6-15-9(12)11(7)5-8-2-1-3-16(8,13)14/h7-8H,1-6,10H2. The molecule has 2 saturated heterocycles. The monoisotopic (exact) mass is 248 g/mol. The normalized spacial score (nSPS) is 33.1. The third kappa shape index (κ3) is 2.01. The molecule has 16 heavy (non-hydrogen) atoms. The summed E-state index contributed by atoms with van der Waals surface area (Å²) in [6.45, 7) is 0.795. The van der Waals surface area contributed by atoms with Crippen molar-refractivity contribution in [3.8, 4) is 0 Å². The zero-order valence-corrected chi connectivity index (χ0v) is 9.78. The molecule has 2 fully saturated rings. The van der Waals surface area contributed by atoms with Gasteiger partial charge in [-0.3, -0.25) is 4.90 Å². The molecule has 2 N–H and O–H groups in total. The van der Waals surface area contributed by atoms with Gasteiger partial charge >= 0.3 is 6.09 Å². The van der Waals surface area contributed by atoms with Gasteiger partial charge in [0.25, 0.3) is 0 Å². The number of rotatable bonds is 3. The van der Waals surface area contributed by atoms with Gasteiger partial charge in [0.15, 0.2) is 9.84 Å². The average Bonchev–Trinajstić information content (AvgIpc) is 2.73. The SMILES string of the molecule is NCC1COC(=O)N1CC1CCCS1(=O)=O. The van der Waals surface area contributed by atoms with Gasteiger partial charge in [-0.15, -0.1) is 0 Å². The number of carbonyl (C=O) groups is 1. The number of carbonyl (C=O) groups excluding carboxylic acids is 1. The fraction of sp³-hybridized carbons (Fsp3) is 0.889. The van der Waals surface area contributed by atoms with Gasteiger partial charge in [0, 0.05) is 13.1 Å². The smallest absolute Gasteiger partial charge is 0.410 e. The quantitative estimate of drug-likeness (QED) is 0.716. The highest BCUT2D eigenvalue weighted by atomic mass is 32.2. The van der Waals surface area contributed by atoms with Crippen molar-refractivity contribution in [3.05, 3.63) is 0 Å². The maximum atomic E-state index is 11.6. The van der Waals surface area contributed by atoms with Crippen LogP contribution >= 0.6 is 0 Å². The third-order valence-electron chi connectivity index (χ3n) is 3.21. The lowest BCUT2D eigenvalue weighted by Gasteiger charge is -2.22. The Kier molecular flexibility index (Phi) is 3.07. The second kappa shape index (κ2) is 4.21. The fourth-order valence-corrected chi connectivity index (χ4v) is 4.01. The van der Waals surface area contributed by atoms with E-state index in [4.69, 9.17) is 10.5 Å². The van der Waals surface area contributed by atoms with E-state index in [-0.39, 0.29) is 24.9 Å². The Balaban J connectivity index is 2.06. The molecule has 2 atom stereocenters. The van der Waals surface area contributed by atoms with Gasteiger partial charge in [-0.1, -0.05) is 0 Å². The molecule has 0 aromatic rings. The Labute approximate surface area is 94.6 Å². The average molecular weight is 248 g/mol. The first-order valence-corrected chi connectivity index (χ1v) is 7.11. The topological polar surface area (TPSA) is 89.7 Å². The molecule has 0 spiro atoms. The first kappa shape index (κ1) is 11.7. The van der Waals surface area contributed by atoms with Crippen LogP contribution in [0.5, 0.6) is 0 Å². The van der Waals surface area contributed by atoms with E-state index in [0.29, 0.717) is 19.4 Å². The lowest BCUT2D eigenvalue weighted by Crippen LogP contribution is -2.44. The van der Waals surface area contributed by atoms with Crippen molar-refractivity contribution in [2.75, 3.05) is 25.4 Å². The van der Waals surface area contributed by atoms with Crippen LogP contribution in [0.4, 0.5) is 4.79 Å². The van der Waals surface area contributed by atoms with E-state index in [1.54, 1.807) is 0 Å². The summed E-state index contributed by atoms with van der Waals surface area (Å²) in [5, 5.41) is -0.438. The molecule has 0 bridgehead atoms. The maximum absolute atomic E-state index is 11.6. The van der Waals surface area contributed by atoms with Crippen molar-refractivity contribution in [1.29, 1.82) is 0 Å². The van der Waals surface area contributed by atoms with Gasteiger partial charge in [0.2, 0.25) is 0 Å². The molecule has 2 rings (SSSR count). The first-order valence-electron chi connectivity index (χ1n) is 5.39. The maximum Gasteiger partial charge on any atom is 0.410 e. The molecule has 7 heteroatoms. The largest absolute Gasteiger partial charge is 0.447 e. The minimum atomic E-state index is -3.02. The minimum absolute atomic E-state index is 0.178. The van der Waals surface area contributed by atoms with Gasteiger partial charge < -0.3 is 10.5 Å². The Morgan fingerprint density at radius 1 is 1.50 bits per heavy atom. The predicted octanol–water partition coefficient (Wildman–Crippen LogP) is -0.657. The molecule has 6 nitrogen and oxygen atoms in total. The number of cyclic esters (lactones) is 1. The Hall–Kier alpha value is -0.820. The van der Waals surface area contributed by atoms with Crippen LogP contribution in [0.3, 0.4) is 0 Å². The molecule has 0 aromatic heterocycles. The Morgan fingerprint density at radius 2 is 2.25 bits per heavy atom. The summed E-state index contributed by atoms with van der Waals surface area (Å²) >= 11 is 0. The summed E-state index contributed by atoms with van der Waals surface area (Å²) in [6.07, 6.45) is 0.865. The van der Waals surface area contributed by atoms with Crippen molar-refractivity contribution >= 4 is 15.9 Å². The second-order valence-corrected chi connectivity index (χ2v) is 6.65. The number of ether oxygens (including phenoxy) is 1. The fourth-order valence-electron chi connectivity index (χ4n) is 2.19. The van der Waals surface area contributed by atoms with E-state index in [0.717, 1.165) is 0 Å². The third-order valence-corrected chi connectivity index (χ3v) is 5.47. The highest BCUT2D eigenvalue weighted by Gasteiger charge is 2.39. The highest BCUT2D eigenvalue weighted by molar-refractivity contribution is 7.92. The van der Waals surface area contributed by atoms with E-state index in [9.17, 15) is 13.2 Å². The molecule has 0 saturated carbocycles. The molecule has 92 valence electrons. The summed E-state index contributed by atoms with van der Waals surface area (Å²) in [5.74, 6) is 0.230. The van der Waals surface area contributed by atoms with Gasteiger partial charge in [-0.05, 0) is 12.8 Å². The predicted molar refractivity (Wildman–Crippen MR) is 57.7 cm³/mol. The summed E-state index contributed by atoms with van der Waals surface area (Å²) < 4.78 is 28.1. The molecule has 2 unspecified atom stereocenters. The molecular weight excluding hydrogens is 232 g/mol. The molecule has 1 amide bonds. The van der Waals surface area contributed by atoms with E-state index in [1.165, 1.54) is 4.90 Å². The number of sulfone groups is 1. The summed E-state index contributed by atoms with van der Waals surface area (Å²) in [4.78, 5) is 12.8. The van der Waals surface area contributed by atoms with Crippen molar-refractivity contribution in [3.63, 3.8) is 0 Å². The van der Waals surface area contributed by atoms with Crippen molar-refractivity contribution in [2.24, 2.45) is 5.73 Å². The van der Waals surface area contributed by atoms with Crippen LogP contribution < -0.4 is 5.73 Å². The summed E-state index contributed by atoms with van der Waals surface area (Å²) in [6, 6.07) is -0.178. The van der Waals surface area contributed by atoms with Crippen LogP contribution in [0.25, 0.3) is 0 Å². The Bertz CT molecular complexity index is 381. The second-order valence-electron chi connectivity index (χ2n) is 4.25. The number of nitrogens with zero attached hydrogens (tertiary/aromatic N) is 1. The number of hydrogen-bond acceptors (Lipinski definition) is 5. The number of nitrogens with two attached hydrogens (primary N) is 1. The van der Waals surface area contributed by atoms with Gasteiger partial charge in [-0.2, -0.15) is 0 Å². The lowest BCUT2D eigenvalue weighted by molar-refractivity contribution is 0.157. The summed E-state index contributed by atoms with van der Waals surface area (Å²) in [7, 11) is -3.02. The van der Waals surface area contributed by atoms with Crippen molar-refractivity contribution in [1.82, 2.24) is 4.90 Å². The zero-order valence-electron chi connectivity index (χ0n) is 8.96. The number of hydrogen-bond donors (Lipinski definition) is 1. The molecular formula is C9H16N2O4S. The zero-order chi connectivity index (χ0) is 11.8. The van der Waals surface area contributed by atoms with Gasteiger partial charge in [0.1, 0.15) is 6.61 Å². The van der Waals surface area contributed by atoms with E-state index >= 15 is 0 Å². The van der Waals surface area contributed by atoms with E-state index in [1.807, 2.05) is 0 Å². The van der Waals surface area contributed by atoms with Crippen molar-refractivity contribution < 1.29 is 17.9 Å². The van der Waals surface area contributed by atoms with Crippen LogP contribution in [0.2, 0.25) is 0 Å². The molecule has 2 aliphatic rings. The van der Waals surface area contributed by atoms with Crippen molar-refractivity contribution in [2.45, 2.75) is 24.1 Å². The van der Waals surface area contributed by atoms with Crippen LogP contribution in [0.1, 0.15) is 12.8 Å². The molecule has 0 radical (unpaired) electrons. The number of amides is 1. The summed E-state index contributed by atoms with van der Waals surface area (Å²) in [5.41, 5.74) is 5.50. The van der Waals surface area contributed by atoms with Gasteiger partial charge in [0.05, 0.1) is 17.0 Å². The molecule has 0 aromatic carbocycles. The van der Waals surface area contributed by atoms with Gasteiger partial charge in [-0.25, -0.2) is 13.2 Å². The van der Waals surface area contributed by atoms with Crippen LogP contribution in [-0.2, 0) is 14.6 Å². The molecule has 0 aliphatic carbocycles. The molecule has 2 aliphatic heterocycles. The minimum Gasteiger partial charge on any atom is -0.447 e. The molecule has 2 heterocycles. The van der Waals surface area contributed by atoms with E-state index < -0.39 is 21.2 Å².